The van der Waals surface area contributed by atoms with E-state index in [2.05, 4.69) is 154 Å². The summed E-state index contributed by atoms with van der Waals surface area (Å²) in [5.41, 5.74) is -0.444. The van der Waals surface area contributed by atoms with Crippen molar-refractivity contribution in [2.24, 2.45) is 9.98 Å². The number of benzene rings is 4. The van der Waals surface area contributed by atoms with Crippen LogP contribution in [0.2, 0.25) is 13.1 Å². The van der Waals surface area contributed by atoms with Crippen molar-refractivity contribution in [3.05, 3.63) is 144 Å². The van der Waals surface area contributed by atoms with Crippen molar-refractivity contribution in [2.45, 2.75) is 118 Å². The fourth-order valence-corrected chi connectivity index (χ4v) is 6.52. The first-order chi connectivity index (χ1) is 24.0. The molecule has 0 saturated carbocycles. The van der Waals surface area contributed by atoms with Gasteiger partial charge in [0, 0.05) is 52.6 Å². The fourth-order valence-electron chi connectivity index (χ4n) is 3.09. The van der Waals surface area contributed by atoms with Crippen LogP contribution in [0.25, 0.3) is 9.69 Å². The average Bonchev–Trinajstić information content (AvgIpc) is 3.12. The Morgan fingerprint density at radius 2 is 0.537 bits per heavy atom. The van der Waals surface area contributed by atoms with Gasteiger partial charge in [-0.2, -0.15) is 0 Å². The first-order valence-electron chi connectivity index (χ1n) is 17.5. The standard InChI is InChI=1S/2C13H13Si.2C5H10N.2C5H9N.2Pt/c2*1-14(12-8-4-2-5-9-12)13-10-6-3-7-11-13;4*1-5(2,3)6-4;;/h2*2-11H,1H3;2*4H,1-3H3;2*1-3H3;;/q;;2*-1;;;2*+2. The Hall–Kier alpha value is -2.99. The van der Waals surface area contributed by atoms with Crippen LogP contribution in [-0.4, -0.2) is 53.2 Å². The van der Waals surface area contributed by atoms with Gasteiger partial charge >= 0.3 is 42.1 Å². The number of hydrogen-bond acceptors (Lipinski definition) is 2. The van der Waals surface area contributed by atoms with Gasteiger partial charge in [0.1, 0.15) is 17.6 Å². The number of rotatable bonds is 4. The Kier molecular flexibility index (Phi) is 32.3. The molecule has 0 amide bonds. The molecule has 294 valence electrons. The van der Waals surface area contributed by atoms with Gasteiger partial charge in [-0.25, -0.2) is 13.1 Å². The van der Waals surface area contributed by atoms with E-state index in [1.54, 1.807) is 0 Å². The summed E-state index contributed by atoms with van der Waals surface area (Å²) in [6, 6.07) is 43.0. The molecule has 0 spiro atoms. The molecule has 0 N–H and O–H groups in total. The molecule has 4 rings (SSSR count). The molecule has 0 unspecified atom stereocenters. The van der Waals surface area contributed by atoms with Crippen molar-refractivity contribution in [1.29, 1.82) is 0 Å². The van der Waals surface area contributed by atoms with Crippen LogP contribution >= 0.6 is 0 Å². The first-order valence-corrected chi connectivity index (χ1v) is 21.5. The topological polar surface area (TPSA) is 33.4 Å². The second-order valence-electron chi connectivity index (χ2n) is 15.9. The van der Waals surface area contributed by atoms with Crippen LogP contribution in [-0.2, 0) is 42.1 Å². The molecule has 0 aliphatic heterocycles. The number of aliphatic imine (C=N–C) groups is 2. The number of hydrogen-bond donors (Lipinski definition) is 0. The van der Waals surface area contributed by atoms with E-state index in [0.717, 1.165) is 0 Å². The van der Waals surface area contributed by atoms with E-state index in [1.807, 2.05) is 83.1 Å². The fraction of sp³-hybridized carbons (Fsp3) is 0.391. The quantitative estimate of drug-likeness (QED) is 0.111. The third kappa shape index (κ3) is 34.8. The summed E-state index contributed by atoms with van der Waals surface area (Å²) in [6.07, 6.45) is 0. The Morgan fingerprint density at radius 1 is 0.407 bits per heavy atom. The van der Waals surface area contributed by atoms with Crippen LogP contribution < -0.4 is 20.7 Å². The molecule has 0 heterocycles. The largest absolute Gasteiger partial charge is 2.00 e. The van der Waals surface area contributed by atoms with Crippen molar-refractivity contribution in [3.8, 4) is 0 Å². The summed E-state index contributed by atoms with van der Waals surface area (Å²) in [4.78, 5) is 13.6. The molecule has 0 atom stereocenters. The average molecular weight is 1120 g/mol. The molecule has 4 aromatic rings. The Bertz CT molecular complexity index is 1380. The molecule has 0 fully saturated rings. The Morgan fingerprint density at radius 3 is 0.630 bits per heavy atom. The Labute approximate surface area is 363 Å². The zero-order valence-corrected chi connectivity index (χ0v) is 41.7. The summed E-state index contributed by atoms with van der Waals surface area (Å²) in [5, 5.41) is 5.90. The van der Waals surface area contributed by atoms with Crippen LogP contribution in [0, 0.1) is 13.1 Å². The van der Waals surface area contributed by atoms with E-state index in [0.29, 0.717) is 0 Å². The maximum atomic E-state index is 6.48. The first kappa shape index (κ1) is 57.7. The molecule has 0 saturated heterocycles. The van der Waals surface area contributed by atoms with E-state index in [9.17, 15) is 0 Å². The van der Waals surface area contributed by atoms with Gasteiger partial charge in [0.15, 0.2) is 0 Å². The van der Waals surface area contributed by atoms with Gasteiger partial charge in [-0.15, -0.1) is 0 Å². The van der Waals surface area contributed by atoms with E-state index in [1.165, 1.54) is 20.7 Å². The number of nitrogens with zero attached hydrogens (tertiary/aromatic N) is 4. The maximum Gasteiger partial charge on any atom is 2.00 e. The SMILES string of the molecule is C[Si](c1ccccc1)c1ccccc1.C[Si](c1ccccc1)c1ccccc1.[C-]#[N+]C(C)(C)C.[C-]#[N+]C(C)(C)C.[CH-]=NC(C)(C)C.[CH-]=NC(C)(C)C.[Pt+2].[Pt+2]. The molecular weight excluding hydrogens is 1050 g/mol. The minimum Gasteiger partial charge on any atom is -0.501 e. The normalized spacial score (nSPS) is 10.2. The van der Waals surface area contributed by atoms with Gasteiger partial charge in [-0.1, -0.05) is 155 Å². The predicted molar refractivity (Wildman–Crippen MR) is 237 cm³/mol. The van der Waals surface area contributed by atoms with Crippen molar-refractivity contribution in [2.75, 3.05) is 0 Å². The minimum atomic E-state index is -0.545. The summed E-state index contributed by atoms with van der Waals surface area (Å²) < 4.78 is 0. The van der Waals surface area contributed by atoms with Gasteiger partial charge in [0.05, 0.1) is 0 Å². The molecule has 54 heavy (non-hydrogen) atoms. The predicted octanol–water partition coefficient (Wildman–Crippen LogP) is 9.98. The molecule has 4 aromatic carbocycles. The van der Waals surface area contributed by atoms with Crippen LogP contribution in [0.1, 0.15) is 83.1 Å². The summed E-state index contributed by atoms with van der Waals surface area (Å²) in [6.45, 7) is 50.5. The monoisotopic (exact) mass is 1120 g/mol. The summed E-state index contributed by atoms with van der Waals surface area (Å²) >= 11 is 0. The molecule has 4 nitrogen and oxygen atoms in total. The van der Waals surface area contributed by atoms with E-state index < -0.39 is 17.6 Å². The molecule has 8 heteroatoms. The van der Waals surface area contributed by atoms with Crippen LogP contribution in [0.4, 0.5) is 0 Å². The second-order valence-corrected chi connectivity index (χ2v) is 20.7. The van der Waals surface area contributed by atoms with E-state index in [-0.39, 0.29) is 64.3 Å². The van der Waals surface area contributed by atoms with E-state index in [4.69, 9.17) is 26.6 Å². The zero-order chi connectivity index (χ0) is 40.4. The summed E-state index contributed by atoms with van der Waals surface area (Å²) in [5.74, 6) is 0. The summed E-state index contributed by atoms with van der Waals surface area (Å²) in [7, 11) is -1.09. The third-order valence-corrected chi connectivity index (χ3v) is 11.1. The molecule has 2 radical (unpaired) electrons. The molecule has 0 aromatic heterocycles. The molecule has 0 bridgehead atoms. The minimum absolute atomic E-state index is 0. The van der Waals surface area contributed by atoms with Crippen LogP contribution in [0.5, 0.6) is 0 Å². The van der Waals surface area contributed by atoms with Crippen molar-refractivity contribution >= 4 is 51.8 Å². The van der Waals surface area contributed by atoms with Crippen molar-refractivity contribution < 1.29 is 42.1 Å². The zero-order valence-electron chi connectivity index (χ0n) is 35.1. The van der Waals surface area contributed by atoms with Crippen LogP contribution in [0.15, 0.2) is 131 Å². The molecule has 0 aliphatic rings. The van der Waals surface area contributed by atoms with Crippen molar-refractivity contribution in [3.63, 3.8) is 0 Å². The van der Waals surface area contributed by atoms with Crippen LogP contribution in [0.3, 0.4) is 0 Å². The molecular formula is C46H64N4Pt2Si2+2. The van der Waals surface area contributed by atoms with Gasteiger partial charge in [0.2, 0.25) is 11.1 Å². The van der Waals surface area contributed by atoms with Gasteiger partial charge < -0.3 is 33.1 Å². The Balaban J connectivity index is -0.000000292. The van der Waals surface area contributed by atoms with Gasteiger partial charge in [0.25, 0.3) is 0 Å². The van der Waals surface area contributed by atoms with Gasteiger partial charge in [-0.3, -0.25) is 0 Å². The third-order valence-electron chi connectivity index (χ3n) is 6.27. The molecule has 0 aliphatic carbocycles. The maximum absolute atomic E-state index is 6.48. The van der Waals surface area contributed by atoms with E-state index >= 15 is 0 Å². The van der Waals surface area contributed by atoms with Gasteiger partial charge in [-0.05, 0) is 41.5 Å². The van der Waals surface area contributed by atoms with Crippen molar-refractivity contribution in [1.82, 2.24) is 0 Å². The second kappa shape index (κ2) is 30.3. The smallest absolute Gasteiger partial charge is 0.501 e.